The summed E-state index contributed by atoms with van der Waals surface area (Å²) in [6.45, 7) is 3.51. The number of benzene rings is 1. The van der Waals surface area contributed by atoms with Crippen LogP contribution in [0.2, 0.25) is 0 Å². The second kappa shape index (κ2) is 7.73. The second-order valence-corrected chi connectivity index (χ2v) is 6.91. The molecule has 0 saturated carbocycles. The van der Waals surface area contributed by atoms with Crippen molar-refractivity contribution in [3.63, 3.8) is 0 Å². The average molecular weight is 330 g/mol. The molecule has 0 aliphatic carbocycles. The fraction of sp³-hybridized carbons (Fsp3) is 0.389. The first-order chi connectivity index (χ1) is 11.2. The minimum atomic E-state index is -0.352. The van der Waals surface area contributed by atoms with E-state index < -0.39 is 0 Å². The molecule has 0 unspecified atom stereocenters. The molecule has 3 rings (SSSR count). The standard InChI is InChI=1S/C18H22N2O2S/c19-18(21)15-10-17(23-13-15)12-20-8-9-22-16(11-20)7-6-14-4-2-1-3-5-14/h1-5,10,13,16H,6-9,11-12H2,(H2,19,21)/t16-/m0/s1. The van der Waals surface area contributed by atoms with Gasteiger partial charge in [-0.05, 0) is 24.5 Å². The Morgan fingerprint density at radius 1 is 1.35 bits per heavy atom. The highest BCUT2D eigenvalue weighted by Gasteiger charge is 2.21. The summed E-state index contributed by atoms with van der Waals surface area (Å²) in [5.74, 6) is -0.352. The number of ether oxygens (including phenoxy) is 1. The van der Waals surface area contributed by atoms with E-state index in [0.29, 0.717) is 5.56 Å². The zero-order chi connectivity index (χ0) is 16.1. The molecule has 2 heterocycles. The monoisotopic (exact) mass is 330 g/mol. The molecule has 1 aliphatic heterocycles. The Kier molecular flexibility index (Phi) is 5.43. The summed E-state index contributed by atoms with van der Waals surface area (Å²) < 4.78 is 5.90. The van der Waals surface area contributed by atoms with Gasteiger partial charge in [-0.25, -0.2) is 0 Å². The molecule has 1 aromatic carbocycles. The van der Waals surface area contributed by atoms with Gasteiger partial charge in [0.15, 0.2) is 0 Å². The van der Waals surface area contributed by atoms with Crippen molar-refractivity contribution in [3.05, 3.63) is 57.8 Å². The number of thiophene rings is 1. The zero-order valence-corrected chi connectivity index (χ0v) is 13.9. The van der Waals surface area contributed by atoms with Gasteiger partial charge >= 0.3 is 0 Å². The Bertz CT molecular complexity index is 641. The summed E-state index contributed by atoms with van der Waals surface area (Å²) >= 11 is 1.60. The fourth-order valence-corrected chi connectivity index (χ4v) is 3.80. The van der Waals surface area contributed by atoms with Gasteiger partial charge in [0.05, 0.1) is 18.3 Å². The molecule has 1 saturated heterocycles. The molecular weight excluding hydrogens is 308 g/mol. The molecule has 1 amide bonds. The quantitative estimate of drug-likeness (QED) is 0.886. The molecule has 0 radical (unpaired) electrons. The van der Waals surface area contributed by atoms with Crippen LogP contribution in [0, 0.1) is 0 Å². The summed E-state index contributed by atoms with van der Waals surface area (Å²) in [6.07, 6.45) is 2.36. The van der Waals surface area contributed by atoms with Crippen LogP contribution in [0.4, 0.5) is 0 Å². The lowest BCUT2D eigenvalue weighted by Crippen LogP contribution is -2.41. The maximum atomic E-state index is 11.2. The second-order valence-electron chi connectivity index (χ2n) is 5.92. The minimum absolute atomic E-state index is 0.277. The van der Waals surface area contributed by atoms with E-state index in [0.717, 1.165) is 39.1 Å². The van der Waals surface area contributed by atoms with Gasteiger partial charge in [0, 0.05) is 29.9 Å². The Morgan fingerprint density at radius 2 is 2.17 bits per heavy atom. The van der Waals surface area contributed by atoms with Crippen molar-refractivity contribution in [2.45, 2.75) is 25.5 Å². The Morgan fingerprint density at radius 3 is 2.91 bits per heavy atom. The average Bonchev–Trinajstić information content (AvgIpc) is 3.03. The number of nitrogens with two attached hydrogens (primary N) is 1. The van der Waals surface area contributed by atoms with Crippen LogP contribution in [0.3, 0.4) is 0 Å². The van der Waals surface area contributed by atoms with Crippen LogP contribution < -0.4 is 5.73 Å². The smallest absolute Gasteiger partial charge is 0.249 e. The molecule has 23 heavy (non-hydrogen) atoms. The predicted octanol–water partition coefficient (Wildman–Crippen LogP) is 2.68. The maximum Gasteiger partial charge on any atom is 0.249 e. The first kappa shape index (κ1) is 16.2. The van der Waals surface area contributed by atoms with E-state index in [1.165, 1.54) is 10.4 Å². The van der Waals surface area contributed by atoms with E-state index in [1.54, 1.807) is 11.3 Å². The maximum absolute atomic E-state index is 11.2. The van der Waals surface area contributed by atoms with Gasteiger partial charge < -0.3 is 10.5 Å². The topological polar surface area (TPSA) is 55.6 Å². The molecular formula is C18H22N2O2S. The molecule has 0 bridgehead atoms. The molecule has 1 fully saturated rings. The number of primary amides is 1. The van der Waals surface area contributed by atoms with E-state index in [2.05, 4.69) is 29.2 Å². The fourth-order valence-electron chi connectivity index (χ4n) is 2.88. The van der Waals surface area contributed by atoms with Crippen LogP contribution in [-0.4, -0.2) is 36.6 Å². The number of amides is 1. The highest BCUT2D eigenvalue weighted by atomic mass is 32.1. The summed E-state index contributed by atoms with van der Waals surface area (Å²) in [4.78, 5) is 14.8. The number of morpholine rings is 1. The van der Waals surface area contributed by atoms with Crippen LogP contribution in [0.1, 0.15) is 27.2 Å². The number of rotatable bonds is 6. The number of aryl methyl sites for hydroxylation is 1. The zero-order valence-electron chi connectivity index (χ0n) is 13.1. The molecule has 4 nitrogen and oxygen atoms in total. The normalized spacial score (nSPS) is 18.9. The summed E-state index contributed by atoms with van der Waals surface area (Å²) in [5.41, 5.74) is 7.28. The lowest BCUT2D eigenvalue weighted by molar-refractivity contribution is -0.0342. The summed E-state index contributed by atoms with van der Waals surface area (Å²) in [5, 5.41) is 1.84. The lowest BCUT2D eigenvalue weighted by Gasteiger charge is -2.32. The van der Waals surface area contributed by atoms with E-state index in [1.807, 2.05) is 17.5 Å². The van der Waals surface area contributed by atoms with Crippen LogP contribution in [0.5, 0.6) is 0 Å². The van der Waals surface area contributed by atoms with E-state index in [9.17, 15) is 4.79 Å². The van der Waals surface area contributed by atoms with Gasteiger partial charge in [-0.1, -0.05) is 30.3 Å². The van der Waals surface area contributed by atoms with Gasteiger partial charge in [0.2, 0.25) is 5.91 Å². The minimum Gasteiger partial charge on any atom is -0.376 e. The lowest BCUT2D eigenvalue weighted by atomic mass is 10.1. The number of hydrogen-bond acceptors (Lipinski definition) is 4. The SMILES string of the molecule is NC(=O)c1csc(CN2CCO[C@@H](CCc3ccccc3)C2)c1. The van der Waals surface area contributed by atoms with Gasteiger partial charge in [0.25, 0.3) is 0 Å². The largest absolute Gasteiger partial charge is 0.376 e. The number of carbonyl (C=O) groups excluding carboxylic acids is 1. The Hall–Kier alpha value is -1.69. The highest BCUT2D eigenvalue weighted by Crippen LogP contribution is 2.19. The van der Waals surface area contributed by atoms with E-state index in [4.69, 9.17) is 10.5 Å². The van der Waals surface area contributed by atoms with E-state index >= 15 is 0 Å². The third-order valence-corrected chi connectivity index (χ3v) is 5.06. The molecule has 122 valence electrons. The third-order valence-electron chi connectivity index (χ3n) is 4.14. The van der Waals surface area contributed by atoms with Gasteiger partial charge in [-0.15, -0.1) is 11.3 Å². The van der Waals surface area contributed by atoms with Crippen molar-refractivity contribution in [2.75, 3.05) is 19.7 Å². The molecule has 0 spiro atoms. The van der Waals surface area contributed by atoms with Crippen molar-refractivity contribution in [1.82, 2.24) is 4.90 Å². The van der Waals surface area contributed by atoms with Crippen molar-refractivity contribution in [3.8, 4) is 0 Å². The van der Waals surface area contributed by atoms with Crippen LogP contribution in [-0.2, 0) is 17.7 Å². The first-order valence-electron chi connectivity index (χ1n) is 7.96. The number of nitrogens with zero attached hydrogens (tertiary/aromatic N) is 1. The van der Waals surface area contributed by atoms with Crippen LogP contribution >= 0.6 is 11.3 Å². The molecule has 2 N–H and O–H groups in total. The van der Waals surface area contributed by atoms with Gasteiger partial charge in [-0.2, -0.15) is 0 Å². The first-order valence-corrected chi connectivity index (χ1v) is 8.84. The highest BCUT2D eigenvalue weighted by molar-refractivity contribution is 7.10. The summed E-state index contributed by atoms with van der Waals surface area (Å²) in [7, 11) is 0. The van der Waals surface area contributed by atoms with Gasteiger partial charge in [-0.3, -0.25) is 9.69 Å². The predicted molar refractivity (Wildman–Crippen MR) is 92.6 cm³/mol. The molecule has 1 aromatic heterocycles. The van der Waals surface area contributed by atoms with Crippen LogP contribution in [0.25, 0.3) is 0 Å². The van der Waals surface area contributed by atoms with Crippen LogP contribution in [0.15, 0.2) is 41.8 Å². The Balaban J connectivity index is 1.50. The third kappa shape index (κ3) is 4.64. The van der Waals surface area contributed by atoms with Crippen molar-refractivity contribution < 1.29 is 9.53 Å². The Labute approximate surface area is 140 Å². The molecule has 2 aromatic rings. The van der Waals surface area contributed by atoms with Crippen molar-refractivity contribution in [1.29, 1.82) is 0 Å². The molecule has 1 atom stereocenters. The summed E-state index contributed by atoms with van der Waals surface area (Å²) in [6, 6.07) is 12.4. The molecule has 5 heteroatoms. The number of carbonyl (C=O) groups is 1. The van der Waals surface area contributed by atoms with Crippen molar-refractivity contribution in [2.24, 2.45) is 5.73 Å². The molecule has 1 aliphatic rings. The van der Waals surface area contributed by atoms with Gasteiger partial charge in [0.1, 0.15) is 0 Å². The van der Waals surface area contributed by atoms with Crippen molar-refractivity contribution >= 4 is 17.2 Å². The van der Waals surface area contributed by atoms with E-state index in [-0.39, 0.29) is 12.0 Å². The number of hydrogen-bond donors (Lipinski definition) is 1.